The predicted molar refractivity (Wildman–Crippen MR) is 100 cm³/mol. The summed E-state index contributed by atoms with van der Waals surface area (Å²) in [7, 11) is 3.67. The van der Waals surface area contributed by atoms with Crippen LogP contribution in [0.2, 0.25) is 0 Å². The molecule has 27 heavy (non-hydrogen) atoms. The Kier molecular flexibility index (Phi) is 4.18. The standard InChI is InChI=1S/C19H22N6O2/c1-5-18(26)24(4)16-8-17(12(16)2)27-19-15-6-7-20-25(15)11-14(22-19)13-9-21-23(3)10-13/h5-7,9-12,16-17H,1,8H2,2-4H3/t12-,16-,17+/m0/s1. The van der Waals surface area contributed by atoms with E-state index in [0.29, 0.717) is 5.88 Å². The molecule has 4 rings (SSSR count). The molecule has 3 heterocycles. The number of fused-ring (bicyclic) bond motifs is 1. The summed E-state index contributed by atoms with van der Waals surface area (Å²) in [6.45, 7) is 5.64. The van der Waals surface area contributed by atoms with Crippen molar-refractivity contribution >= 4 is 11.4 Å². The normalized spacial score (nSPS) is 21.7. The molecule has 1 amide bonds. The molecule has 3 atom stereocenters. The number of carbonyl (C=O) groups is 1. The first-order valence-corrected chi connectivity index (χ1v) is 8.87. The van der Waals surface area contributed by atoms with Gasteiger partial charge in [-0.1, -0.05) is 13.5 Å². The van der Waals surface area contributed by atoms with Crippen LogP contribution in [0.1, 0.15) is 13.3 Å². The second-order valence-corrected chi connectivity index (χ2v) is 6.97. The lowest BCUT2D eigenvalue weighted by molar-refractivity contribution is -0.133. The van der Waals surface area contributed by atoms with Crippen LogP contribution in [0, 0.1) is 5.92 Å². The molecule has 3 aromatic rings. The van der Waals surface area contributed by atoms with Crippen molar-refractivity contribution in [3.05, 3.63) is 43.5 Å². The van der Waals surface area contributed by atoms with Crippen molar-refractivity contribution in [3.63, 3.8) is 0 Å². The van der Waals surface area contributed by atoms with Gasteiger partial charge in [0.1, 0.15) is 11.6 Å². The van der Waals surface area contributed by atoms with Crippen molar-refractivity contribution in [2.24, 2.45) is 13.0 Å². The molecule has 3 aromatic heterocycles. The molecule has 1 fully saturated rings. The fraction of sp³-hybridized carbons (Fsp3) is 0.368. The van der Waals surface area contributed by atoms with E-state index in [1.54, 1.807) is 33.5 Å². The maximum absolute atomic E-state index is 11.8. The molecule has 0 aromatic carbocycles. The van der Waals surface area contributed by atoms with Gasteiger partial charge in [-0.3, -0.25) is 9.48 Å². The molecule has 0 unspecified atom stereocenters. The minimum atomic E-state index is -0.0693. The highest BCUT2D eigenvalue weighted by atomic mass is 16.5. The highest BCUT2D eigenvalue weighted by molar-refractivity contribution is 5.87. The highest BCUT2D eigenvalue weighted by Crippen LogP contribution is 2.36. The number of amides is 1. The Bertz CT molecular complexity index is 1010. The fourth-order valence-corrected chi connectivity index (χ4v) is 3.51. The monoisotopic (exact) mass is 366 g/mol. The van der Waals surface area contributed by atoms with E-state index < -0.39 is 0 Å². The summed E-state index contributed by atoms with van der Waals surface area (Å²) in [6.07, 6.45) is 9.35. The van der Waals surface area contributed by atoms with E-state index in [1.165, 1.54) is 6.08 Å². The van der Waals surface area contributed by atoms with Gasteiger partial charge in [-0.15, -0.1) is 0 Å². The zero-order valence-corrected chi connectivity index (χ0v) is 15.6. The van der Waals surface area contributed by atoms with Crippen molar-refractivity contribution in [2.45, 2.75) is 25.5 Å². The van der Waals surface area contributed by atoms with Crippen LogP contribution in [0.25, 0.3) is 16.8 Å². The van der Waals surface area contributed by atoms with Gasteiger partial charge in [0.05, 0.1) is 24.3 Å². The van der Waals surface area contributed by atoms with E-state index >= 15 is 0 Å². The number of rotatable bonds is 5. The number of carbonyl (C=O) groups excluding carboxylic acids is 1. The van der Waals surface area contributed by atoms with E-state index in [2.05, 4.69) is 23.7 Å². The molecule has 0 spiro atoms. The Balaban J connectivity index is 1.58. The van der Waals surface area contributed by atoms with Gasteiger partial charge in [0.25, 0.3) is 0 Å². The minimum Gasteiger partial charge on any atom is -0.472 e. The first-order valence-electron chi connectivity index (χ1n) is 8.87. The number of likely N-dealkylation sites (N-methyl/N-ethyl adjacent to an activating group) is 1. The predicted octanol–water partition coefficient (Wildman–Crippen LogP) is 1.93. The summed E-state index contributed by atoms with van der Waals surface area (Å²) in [5.41, 5.74) is 2.46. The first kappa shape index (κ1) is 17.3. The van der Waals surface area contributed by atoms with E-state index in [0.717, 1.165) is 23.2 Å². The number of ether oxygens (including phenoxy) is 1. The van der Waals surface area contributed by atoms with Crippen molar-refractivity contribution < 1.29 is 9.53 Å². The summed E-state index contributed by atoms with van der Waals surface area (Å²) >= 11 is 0. The van der Waals surface area contributed by atoms with Crippen LogP contribution < -0.4 is 4.74 Å². The maximum Gasteiger partial charge on any atom is 0.245 e. The van der Waals surface area contributed by atoms with Crippen LogP contribution >= 0.6 is 0 Å². The average molecular weight is 366 g/mol. The summed E-state index contributed by atoms with van der Waals surface area (Å²) in [6, 6.07) is 2.02. The van der Waals surface area contributed by atoms with Gasteiger partial charge in [-0.25, -0.2) is 9.50 Å². The third-order valence-electron chi connectivity index (χ3n) is 5.31. The topological polar surface area (TPSA) is 77.6 Å². The smallest absolute Gasteiger partial charge is 0.245 e. The Morgan fingerprint density at radius 2 is 2.22 bits per heavy atom. The van der Waals surface area contributed by atoms with Gasteiger partial charge in [0, 0.05) is 44.2 Å². The summed E-state index contributed by atoms with van der Waals surface area (Å²) in [5, 5.41) is 8.53. The van der Waals surface area contributed by atoms with Crippen molar-refractivity contribution in [1.29, 1.82) is 0 Å². The van der Waals surface area contributed by atoms with Crippen LogP contribution in [0.15, 0.2) is 43.5 Å². The van der Waals surface area contributed by atoms with Crippen molar-refractivity contribution in [1.82, 2.24) is 29.3 Å². The molecule has 0 saturated heterocycles. The Morgan fingerprint density at radius 1 is 1.41 bits per heavy atom. The first-order chi connectivity index (χ1) is 13.0. The maximum atomic E-state index is 11.8. The van der Waals surface area contributed by atoms with Crippen LogP contribution in [-0.2, 0) is 11.8 Å². The third-order valence-corrected chi connectivity index (χ3v) is 5.31. The van der Waals surface area contributed by atoms with E-state index in [-0.39, 0.29) is 24.0 Å². The Hall–Kier alpha value is -3.16. The second-order valence-electron chi connectivity index (χ2n) is 6.97. The van der Waals surface area contributed by atoms with Crippen molar-refractivity contribution in [2.75, 3.05) is 7.05 Å². The van der Waals surface area contributed by atoms with E-state index in [9.17, 15) is 4.79 Å². The lowest BCUT2D eigenvalue weighted by Gasteiger charge is -2.46. The molecule has 8 heteroatoms. The average Bonchev–Trinajstić information content (AvgIpc) is 3.31. The summed E-state index contributed by atoms with van der Waals surface area (Å²) in [5.74, 6) is 0.674. The minimum absolute atomic E-state index is 0.00888. The lowest BCUT2D eigenvalue weighted by atomic mass is 9.77. The van der Waals surface area contributed by atoms with Gasteiger partial charge in [0.2, 0.25) is 11.8 Å². The molecule has 140 valence electrons. The molecular formula is C19H22N6O2. The number of hydrogen-bond donors (Lipinski definition) is 0. The number of aromatic nitrogens is 5. The quantitative estimate of drug-likeness (QED) is 0.645. The van der Waals surface area contributed by atoms with Crippen LogP contribution in [-0.4, -0.2) is 54.4 Å². The van der Waals surface area contributed by atoms with Gasteiger partial charge in [-0.2, -0.15) is 10.2 Å². The molecule has 8 nitrogen and oxygen atoms in total. The number of nitrogens with zero attached hydrogens (tertiary/aromatic N) is 6. The van der Waals surface area contributed by atoms with Gasteiger partial charge >= 0.3 is 0 Å². The largest absolute Gasteiger partial charge is 0.472 e. The SMILES string of the molecule is C=CC(=O)N(C)[C@H]1C[C@@H](Oc2nc(-c3cnn(C)c3)cn3nccc23)[C@H]1C. The van der Waals surface area contributed by atoms with Gasteiger partial charge in [-0.05, 0) is 12.1 Å². The molecule has 0 bridgehead atoms. The summed E-state index contributed by atoms with van der Waals surface area (Å²) < 4.78 is 9.73. The summed E-state index contributed by atoms with van der Waals surface area (Å²) in [4.78, 5) is 18.3. The highest BCUT2D eigenvalue weighted by Gasteiger charge is 2.43. The third kappa shape index (κ3) is 2.97. The number of hydrogen-bond acceptors (Lipinski definition) is 5. The van der Waals surface area contributed by atoms with Gasteiger partial charge < -0.3 is 9.64 Å². The Morgan fingerprint density at radius 3 is 2.89 bits per heavy atom. The van der Waals surface area contributed by atoms with E-state index in [1.807, 2.05) is 25.5 Å². The van der Waals surface area contributed by atoms with Crippen LogP contribution in [0.3, 0.4) is 0 Å². The molecular weight excluding hydrogens is 344 g/mol. The molecule has 0 aliphatic heterocycles. The zero-order chi connectivity index (χ0) is 19.1. The molecule has 0 N–H and O–H groups in total. The Labute approximate surface area is 157 Å². The van der Waals surface area contributed by atoms with Crippen LogP contribution in [0.4, 0.5) is 0 Å². The molecule has 0 radical (unpaired) electrons. The molecule has 1 saturated carbocycles. The number of aryl methyl sites for hydroxylation is 1. The van der Waals surface area contributed by atoms with Gasteiger partial charge in [0.15, 0.2) is 0 Å². The van der Waals surface area contributed by atoms with Crippen LogP contribution in [0.5, 0.6) is 5.88 Å². The molecule has 1 aliphatic rings. The lowest BCUT2D eigenvalue weighted by Crippen LogP contribution is -2.56. The molecule has 1 aliphatic carbocycles. The van der Waals surface area contributed by atoms with Crippen molar-refractivity contribution in [3.8, 4) is 17.1 Å². The second kappa shape index (κ2) is 6.53. The fourth-order valence-electron chi connectivity index (χ4n) is 3.51. The zero-order valence-electron chi connectivity index (χ0n) is 15.6. The van der Waals surface area contributed by atoms with E-state index in [4.69, 9.17) is 9.72 Å².